The van der Waals surface area contributed by atoms with Gasteiger partial charge in [-0.1, -0.05) is 36.4 Å². The largest absolute Gasteiger partial charge is 0.388 e. The van der Waals surface area contributed by atoms with Crippen molar-refractivity contribution in [2.24, 2.45) is 0 Å². The number of hydrogen-bond donors (Lipinski definition) is 1. The lowest BCUT2D eigenvalue weighted by Crippen LogP contribution is -2.02. The maximum Gasteiger partial charge on any atom is 0.0844 e. The number of aliphatic hydroxyl groups is 1. The van der Waals surface area contributed by atoms with Crippen LogP contribution in [0.2, 0.25) is 0 Å². The molecule has 2 heteroatoms. The molecule has 0 aliphatic rings. The molecule has 0 saturated carbocycles. The molecule has 0 amide bonds. The van der Waals surface area contributed by atoms with Crippen molar-refractivity contribution < 1.29 is 5.11 Å². The Morgan fingerprint density at radius 1 is 1.05 bits per heavy atom. The Hall–Kier alpha value is -1.64. The zero-order chi connectivity index (χ0) is 14.1. The van der Waals surface area contributed by atoms with Crippen molar-refractivity contribution >= 4 is 21.4 Å². The van der Waals surface area contributed by atoms with Gasteiger partial charge in [0.1, 0.15) is 0 Å². The Balaban J connectivity index is 1.90. The van der Waals surface area contributed by atoms with E-state index in [9.17, 15) is 5.11 Å². The van der Waals surface area contributed by atoms with Gasteiger partial charge in [-0.2, -0.15) is 0 Å². The highest BCUT2D eigenvalue weighted by Crippen LogP contribution is 2.30. The first-order valence-electron chi connectivity index (χ1n) is 6.85. The Labute approximate surface area is 123 Å². The summed E-state index contributed by atoms with van der Waals surface area (Å²) in [5.41, 5.74) is 4.80. The van der Waals surface area contributed by atoms with Crippen LogP contribution >= 0.6 is 11.3 Å². The summed E-state index contributed by atoms with van der Waals surface area (Å²) in [6.07, 6.45) is 0.220. The normalized spacial score (nSPS) is 12.8. The van der Waals surface area contributed by atoms with Gasteiger partial charge >= 0.3 is 0 Å². The molecule has 0 saturated heterocycles. The van der Waals surface area contributed by atoms with Crippen LogP contribution in [0.15, 0.2) is 47.8 Å². The predicted molar refractivity (Wildman–Crippen MR) is 86.4 cm³/mol. The average Bonchev–Trinajstić information content (AvgIpc) is 2.91. The minimum Gasteiger partial charge on any atom is -0.388 e. The molecule has 1 atom stereocenters. The van der Waals surface area contributed by atoms with E-state index in [0.29, 0.717) is 6.42 Å². The molecule has 20 heavy (non-hydrogen) atoms. The summed E-state index contributed by atoms with van der Waals surface area (Å²) in [4.78, 5) is 0. The predicted octanol–water partition coefficient (Wildman–Crippen LogP) is 4.79. The number of aryl methyl sites for hydroxylation is 2. The third-order valence-corrected chi connectivity index (χ3v) is 4.85. The molecule has 1 N–H and O–H groups in total. The van der Waals surface area contributed by atoms with Crippen LogP contribution in [0, 0.1) is 13.8 Å². The van der Waals surface area contributed by atoms with E-state index in [0.717, 1.165) is 5.56 Å². The lowest BCUT2D eigenvalue weighted by molar-refractivity contribution is 0.180. The van der Waals surface area contributed by atoms with Gasteiger partial charge in [-0.15, -0.1) is 11.3 Å². The molecule has 0 aliphatic carbocycles. The first-order chi connectivity index (χ1) is 9.65. The van der Waals surface area contributed by atoms with Crippen molar-refractivity contribution in [2.75, 3.05) is 0 Å². The second-order valence-electron chi connectivity index (χ2n) is 5.32. The Morgan fingerprint density at radius 3 is 2.70 bits per heavy atom. The van der Waals surface area contributed by atoms with Crippen LogP contribution < -0.4 is 0 Å². The molecule has 1 heterocycles. The Bertz CT molecular complexity index is 742. The average molecular weight is 282 g/mol. The number of rotatable bonds is 3. The first-order valence-corrected chi connectivity index (χ1v) is 7.73. The molecule has 1 unspecified atom stereocenters. The molecule has 0 bridgehead atoms. The Morgan fingerprint density at radius 2 is 1.90 bits per heavy atom. The second-order valence-corrected chi connectivity index (χ2v) is 6.24. The van der Waals surface area contributed by atoms with Crippen molar-refractivity contribution in [3.05, 3.63) is 70.1 Å². The van der Waals surface area contributed by atoms with Gasteiger partial charge in [0, 0.05) is 11.1 Å². The molecule has 0 fully saturated rings. The maximum atomic E-state index is 10.6. The summed E-state index contributed by atoms with van der Waals surface area (Å²) in [7, 11) is 0. The molecule has 3 aromatic rings. The minimum atomic E-state index is -0.445. The quantitative estimate of drug-likeness (QED) is 0.732. The van der Waals surface area contributed by atoms with E-state index in [1.54, 1.807) is 11.3 Å². The van der Waals surface area contributed by atoms with E-state index in [4.69, 9.17) is 0 Å². The molecule has 0 radical (unpaired) electrons. The smallest absolute Gasteiger partial charge is 0.0844 e. The van der Waals surface area contributed by atoms with Crippen LogP contribution in [-0.4, -0.2) is 5.11 Å². The number of benzene rings is 2. The van der Waals surface area contributed by atoms with Crippen LogP contribution in [-0.2, 0) is 6.42 Å². The van der Waals surface area contributed by atoms with E-state index >= 15 is 0 Å². The van der Waals surface area contributed by atoms with Crippen molar-refractivity contribution in [1.29, 1.82) is 0 Å². The van der Waals surface area contributed by atoms with Gasteiger partial charge in [-0.25, -0.2) is 0 Å². The molecule has 1 aromatic heterocycles. The van der Waals surface area contributed by atoms with Gasteiger partial charge in [0.15, 0.2) is 0 Å². The molecular weight excluding hydrogens is 264 g/mol. The van der Waals surface area contributed by atoms with E-state index in [1.807, 2.05) is 12.1 Å². The van der Waals surface area contributed by atoms with Gasteiger partial charge in [0.25, 0.3) is 0 Å². The molecule has 2 aromatic carbocycles. The maximum absolute atomic E-state index is 10.6. The van der Waals surface area contributed by atoms with Gasteiger partial charge in [0.2, 0.25) is 0 Å². The van der Waals surface area contributed by atoms with Gasteiger partial charge < -0.3 is 5.11 Å². The zero-order valence-electron chi connectivity index (χ0n) is 11.8. The van der Waals surface area contributed by atoms with E-state index in [-0.39, 0.29) is 0 Å². The second kappa shape index (κ2) is 5.39. The van der Waals surface area contributed by atoms with E-state index in [1.165, 1.54) is 26.8 Å². The number of fused-ring (bicyclic) bond motifs is 1. The summed E-state index contributed by atoms with van der Waals surface area (Å²) in [6, 6.07) is 14.7. The molecule has 3 rings (SSSR count). The van der Waals surface area contributed by atoms with Crippen LogP contribution in [0.25, 0.3) is 10.1 Å². The fraction of sp³-hybridized carbons (Fsp3) is 0.222. The van der Waals surface area contributed by atoms with Crippen LogP contribution in [0.4, 0.5) is 0 Å². The van der Waals surface area contributed by atoms with Crippen LogP contribution in [0.1, 0.15) is 28.4 Å². The summed E-state index contributed by atoms with van der Waals surface area (Å²) < 4.78 is 1.20. The zero-order valence-corrected chi connectivity index (χ0v) is 12.6. The van der Waals surface area contributed by atoms with Crippen molar-refractivity contribution in [3.63, 3.8) is 0 Å². The molecule has 0 aliphatic heterocycles. The third kappa shape index (κ3) is 2.49. The van der Waals surface area contributed by atoms with E-state index < -0.39 is 6.10 Å². The number of thiophene rings is 1. The molecule has 1 nitrogen and oxygen atoms in total. The van der Waals surface area contributed by atoms with Crippen molar-refractivity contribution in [3.8, 4) is 0 Å². The fourth-order valence-electron chi connectivity index (χ4n) is 2.54. The summed E-state index contributed by atoms with van der Waals surface area (Å²) >= 11 is 1.70. The fourth-order valence-corrected chi connectivity index (χ4v) is 3.51. The summed E-state index contributed by atoms with van der Waals surface area (Å²) in [5.74, 6) is 0. The van der Waals surface area contributed by atoms with Crippen molar-refractivity contribution in [2.45, 2.75) is 26.4 Å². The van der Waals surface area contributed by atoms with Gasteiger partial charge in [-0.05, 0) is 52.9 Å². The van der Waals surface area contributed by atoms with Crippen molar-refractivity contribution in [1.82, 2.24) is 0 Å². The lowest BCUT2D eigenvalue weighted by Gasteiger charge is -2.13. The van der Waals surface area contributed by atoms with E-state index in [2.05, 4.69) is 49.6 Å². The topological polar surface area (TPSA) is 20.2 Å². The lowest BCUT2D eigenvalue weighted by atomic mass is 9.98. The highest BCUT2D eigenvalue weighted by molar-refractivity contribution is 7.17. The molecule has 102 valence electrons. The third-order valence-electron chi connectivity index (χ3n) is 3.87. The number of aliphatic hydroxyl groups excluding tert-OH is 1. The van der Waals surface area contributed by atoms with Crippen LogP contribution in [0.3, 0.4) is 0 Å². The summed E-state index contributed by atoms with van der Waals surface area (Å²) in [5, 5.41) is 13.9. The van der Waals surface area contributed by atoms with Gasteiger partial charge in [-0.3, -0.25) is 0 Å². The SMILES string of the molecule is Cc1ccc(CC(O)c2cccc3ccsc23)cc1C. The van der Waals surface area contributed by atoms with Crippen LogP contribution in [0.5, 0.6) is 0 Å². The molecular formula is C18H18OS. The first kappa shape index (κ1) is 13.3. The molecule has 0 spiro atoms. The standard InChI is InChI=1S/C18H18OS/c1-12-6-7-14(10-13(12)2)11-17(19)16-5-3-4-15-8-9-20-18(15)16/h3-10,17,19H,11H2,1-2H3. The number of hydrogen-bond acceptors (Lipinski definition) is 2. The minimum absolute atomic E-state index is 0.445. The highest BCUT2D eigenvalue weighted by atomic mass is 32.1. The van der Waals surface area contributed by atoms with Gasteiger partial charge in [0.05, 0.1) is 6.10 Å². The Kier molecular flexibility index (Phi) is 3.60. The monoisotopic (exact) mass is 282 g/mol. The summed E-state index contributed by atoms with van der Waals surface area (Å²) in [6.45, 7) is 4.23. The highest BCUT2D eigenvalue weighted by Gasteiger charge is 2.13.